The molecule has 1 atom stereocenters. The third-order valence-electron chi connectivity index (χ3n) is 5.40. The van der Waals surface area contributed by atoms with Gasteiger partial charge in [0.2, 0.25) is 0 Å². The van der Waals surface area contributed by atoms with Gasteiger partial charge in [-0.2, -0.15) is 0 Å². The molecule has 0 unspecified atom stereocenters. The molecule has 4 rings (SSSR count). The largest absolute Gasteiger partial charge is 0.497 e. The number of rotatable bonds is 7. The molecule has 0 saturated carbocycles. The molecule has 5 nitrogen and oxygen atoms in total. The summed E-state index contributed by atoms with van der Waals surface area (Å²) >= 11 is 0. The van der Waals surface area contributed by atoms with Gasteiger partial charge in [-0.1, -0.05) is 60.7 Å². The number of hydrogen-bond donors (Lipinski definition) is 1. The smallest absolute Gasteiger partial charge is 0.407 e. The molecule has 1 N–H and O–H groups in total. The van der Waals surface area contributed by atoms with Gasteiger partial charge in [0.1, 0.15) is 18.6 Å². The minimum atomic E-state index is -0.673. The average molecular weight is 401 g/mol. The number of alkyl carbamates (subject to hydrolysis) is 1. The molecule has 0 bridgehead atoms. The lowest BCUT2D eigenvalue weighted by Gasteiger charge is -2.17. The summed E-state index contributed by atoms with van der Waals surface area (Å²) in [6.45, 7) is 0.213. The Morgan fingerprint density at radius 3 is 2.30 bits per heavy atom. The molecule has 30 heavy (non-hydrogen) atoms. The molecule has 1 aliphatic rings. The van der Waals surface area contributed by atoms with Crippen molar-refractivity contribution in [1.82, 2.24) is 5.32 Å². The number of hydrogen-bond acceptors (Lipinski definition) is 4. The van der Waals surface area contributed by atoms with Crippen LogP contribution in [0, 0.1) is 0 Å². The standard InChI is InChI=1S/C25H23NO4/c1-29-19-8-6-7-17(14-19)13-18(15-27)26-25(28)30-16-24-22-11-4-2-9-20(22)21-10-3-5-12-23(21)24/h2-12,14-15,18,24H,13,16H2,1H3,(H,26,28)/t18-/m0/s1. The first-order valence-electron chi connectivity index (χ1n) is 9.89. The van der Waals surface area contributed by atoms with E-state index < -0.39 is 12.1 Å². The van der Waals surface area contributed by atoms with Crippen LogP contribution in [0.5, 0.6) is 5.75 Å². The first-order chi connectivity index (χ1) is 14.7. The number of carbonyl (C=O) groups excluding carboxylic acids is 2. The second kappa shape index (κ2) is 8.82. The van der Waals surface area contributed by atoms with Crippen molar-refractivity contribution in [2.24, 2.45) is 0 Å². The first kappa shape index (κ1) is 19.7. The van der Waals surface area contributed by atoms with Crippen LogP contribution in [0.2, 0.25) is 0 Å². The van der Waals surface area contributed by atoms with E-state index in [9.17, 15) is 9.59 Å². The maximum absolute atomic E-state index is 12.4. The molecule has 0 saturated heterocycles. The lowest BCUT2D eigenvalue weighted by molar-refractivity contribution is -0.109. The Labute approximate surface area is 175 Å². The summed E-state index contributed by atoms with van der Waals surface area (Å²) in [5.41, 5.74) is 5.53. The van der Waals surface area contributed by atoms with Crippen LogP contribution >= 0.6 is 0 Å². The van der Waals surface area contributed by atoms with E-state index in [1.165, 1.54) is 11.1 Å². The molecular weight excluding hydrogens is 378 g/mol. The Kier molecular flexibility index (Phi) is 5.80. The Balaban J connectivity index is 1.40. The van der Waals surface area contributed by atoms with Gasteiger partial charge in [-0.3, -0.25) is 0 Å². The number of methoxy groups -OCH3 is 1. The summed E-state index contributed by atoms with van der Waals surface area (Å²) in [5, 5.41) is 2.65. The molecule has 0 fully saturated rings. The van der Waals surface area contributed by atoms with Crippen LogP contribution in [0.25, 0.3) is 11.1 Å². The van der Waals surface area contributed by atoms with E-state index in [0.717, 1.165) is 23.0 Å². The predicted molar refractivity (Wildman–Crippen MR) is 115 cm³/mol. The van der Waals surface area contributed by atoms with E-state index in [1.54, 1.807) is 7.11 Å². The second-order valence-corrected chi connectivity index (χ2v) is 7.27. The molecule has 5 heteroatoms. The van der Waals surface area contributed by atoms with Gasteiger partial charge in [0, 0.05) is 5.92 Å². The topological polar surface area (TPSA) is 64.6 Å². The van der Waals surface area contributed by atoms with E-state index in [4.69, 9.17) is 9.47 Å². The zero-order valence-corrected chi connectivity index (χ0v) is 16.7. The van der Waals surface area contributed by atoms with Gasteiger partial charge < -0.3 is 19.6 Å². The molecule has 0 aromatic heterocycles. The van der Waals surface area contributed by atoms with Crippen molar-refractivity contribution >= 4 is 12.4 Å². The van der Waals surface area contributed by atoms with E-state index in [-0.39, 0.29) is 12.5 Å². The van der Waals surface area contributed by atoms with Crippen LogP contribution in [0.3, 0.4) is 0 Å². The number of amides is 1. The van der Waals surface area contributed by atoms with Crippen molar-refractivity contribution in [2.45, 2.75) is 18.4 Å². The van der Waals surface area contributed by atoms with E-state index in [2.05, 4.69) is 29.6 Å². The van der Waals surface area contributed by atoms with E-state index in [0.29, 0.717) is 12.2 Å². The summed E-state index contributed by atoms with van der Waals surface area (Å²) in [5.74, 6) is 0.689. The van der Waals surface area contributed by atoms with Crippen LogP contribution in [0.15, 0.2) is 72.8 Å². The highest BCUT2D eigenvalue weighted by molar-refractivity contribution is 5.79. The quantitative estimate of drug-likeness (QED) is 0.598. The Hall–Kier alpha value is -3.60. The zero-order valence-electron chi connectivity index (χ0n) is 16.7. The molecule has 3 aromatic rings. The van der Waals surface area contributed by atoms with Crippen LogP contribution in [-0.4, -0.2) is 32.1 Å². The van der Waals surface area contributed by atoms with Crippen LogP contribution in [-0.2, 0) is 16.0 Å². The molecule has 1 amide bonds. The monoisotopic (exact) mass is 401 g/mol. The summed E-state index contributed by atoms with van der Waals surface area (Å²) in [6, 6.07) is 23.1. The number of aldehydes is 1. The van der Waals surface area contributed by atoms with Crippen molar-refractivity contribution in [3.63, 3.8) is 0 Å². The number of benzene rings is 3. The van der Waals surface area contributed by atoms with E-state index in [1.807, 2.05) is 48.5 Å². The van der Waals surface area contributed by atoms with Crippen molar-refractivity contribution in [3.8, 4) is 16.9 Å². The first-order valence-corrected chi connectivity index (χ1v) is 9.89. The SMILES string of the molecule is COc1cccc(C[C@@H](C=O)NC(=O)OCC2c3ccccc3-c3ccccc32)c1. The van der Waals surface area contributed by atoms with Crippen molar-refractivity contribution in [2.75, 3.05) is 13.7 Å². The van der Waals surface area contributed by atoms with Gasteiger partial charge in [-0.25, -0.2) is 4.79 Å². The number of nitrogens with one attached hydrogen (secondary N) is 1. The Bertz CT molecular complexity index is 1020. The summed E-state index contributed by atoms with van der Waals surface area (Å²) in [7, 11) is 1.59. The molecule has 0 radical (unpaired) electrons. The fourth-order valence-electron chi connectivity index (χ4n) is 3.98. The maximum Gasteiger partial charge on any atom is 0.407 e. The maximum atomic E-state index is 12.4. The van der Waals surface area contributed by atoms with Gasteiger partial charge in [0.05, 0.1) is 13.2 Å². The van der Waals surface area contributed by atoms with Crippen LogP contribution in [0.1, 0.15) is 22.6 Å². The Morgan fingerprint density at radius 2 is 1.67 bits per heavy atom. The van der Waals surface area contributed by atoms with Gasteiger partial charge in [0.15, 0.2) is 0 Å². The second-order valence-electron chi connectivity index (χ2n) is 7.27. The minimum Gasteiger partial charge on any atom is -0.497 e. The molecule has 1 aliphatic carbocycles. The van der Waals surface area contributed by atoms with Gasteiger partial charge in [0.25, 0.3) is 0 Å². The predicted octanol–water partition coefficient (Wildman–Crippen LogP) is 4.34. The van der Waals surface area contributed by atoms with Gasteiger partial charge >= 0.3 is 6.09 Å². The van der Waals surface area contributed by atoms with E-state index >= 15 is 0 Å². The average Bonchev–Trinajstić information content (AvgIpc) is 3.11. The molecule has 0 heterocycles. The van der Waals surface area contributed by atoms with Gasteiger partial charge in [-0.15, -0.1) is 0 Å². The molecular formula is C25H23NO4. The third-order valence-corrected chi connectivity index (χ3v) is 5.40. The van der Waals surface area contributed by atoms with Crippen LogP contribution < -0.4 is 10.1 Å². The van der Waals surface area contributed by atoms with Crippen molar-refractivity contribution in [1.29, 1.82) is 0 Å². The highest BCUT2D eigenvalue weighted by atomic mass is 16.5. The molecule has 0 spiro atoms. The highest BCUT2D eigenvalue weighted by Gasteiger charge is 2.29. The fraction of sp³-hybridized carbons (Fsp3) is 0.200. The van der Waals surface area contributed by atoms with Crippen molar-refractivity contribution in [3.05, 3.63) is 89.5 Å². The molecule has 0 aliphatic heterocycles. The summed E-state index contributed by atoms with van der Waals surface area (Å²) in [4.78, 5) is 23.9. The number of fused-ring (bicyclic) bond motifs is 3. The molecule has 152 valence electrons. The van der Waals surface area contributed by atoms with Crippen LogP contribution in [0.4, 0.5) is 4.79 Å². The molecule has 3 aromatic carbocycles. The van der Waals surface area contributed by atoms with Gasteiger partial charge in [-0.05, 0) is 46.4 Å². The Morgan fingerprint density at radius 1 is 1.00 bits per heavy atom. The summed E-state index contributed by atoms with van der Waals surface area (Å²) in [6.07, 6.45) is 0.489. The zero-order chi connectivity index (χ0) is 20.9. The third kappa shape index (κ3) is 4.06. The lowest BCUT2D eigenvalue weighted by Crippen LogP contribution is -2.38. The number of carbonyl (C=O) groups is 2. The minimum absolute atomic E-state index is 0.0174. The lowest BCUT2D eigenvalue weighted by atomic mass is 9.98. The summed E-state index contributed by atoms with van der Waals surface area (Å²) < 4.78 is 10.7. The highest BCUT2D eigenvalue weighted by Crippen LogP contribution is 2.44. The normalized spacial score (nSPS) is 13.1. The van der Waals surface area contributed by atoms with Crippen molar-refractivity contribution < 1.29 is 19.1 Å². The number of ether oxygens (including phenoxy) is 2. The fourth-order valence-corrected chi connectivity index (χ4v) is 3.98.